The molecule has 0 rings (SSSR count). The first-order valence-electron chi connectivity index (χ1n) is 2.26. The minimum atomic E-state index is -1.46. The first-order chi connectivity index (χ1) is 3.68. The smallest absolute Gasteiger partial charge is 0.870 e. The van der Waals surface area contributed by atoms with Crippen molar-refractivity contribution in [1.82, 2.24) is 0 Å². The number of nitrogens with one attached hydrogen (secondary N) is 1. The zero-order valence-electron chi connectivity index (χ0n) is 5.21. The predicted octanol–water partition coefficient (Wildman–Crippen LogP) is -1.43. The molecule has 0 fully saturated rings. The van der Waals surface area contributed by atoms with Crippen LogP contribution in [-0.4, -0.2) is 46.2 Å². The van der Waals surface area contributed by atoms with Gasteiger partial charge in [-0.1, -0.05) is 5.54 Å². The fourth-order valence-corrected chi connectivity index (χ4v) is 0.150. The Labute approximate surface area is 74.7 Å². The second-order valence-corrected chi connectivity index (χ2v) is 1.75. The summed E-state index contributed by atoms with van der Waals surface area (Å²) >= 11 is 0. The van der Waals surface area contributed by atoms with Crippen LogP contribution >= 0.6 is 0 Å². The zero-order chi connectivity index (χ0) is 6.62. The summed E-state index contributed by atoms with van der Waals surface area (Å²) in [6.07, 6.45) is 0. The van der Waals surface area contributed by atoms with E-state index in [-0.39, 0.29) is 27.9 Å². The van der Waals surface area contributed by atoms with Crippen molar-refractivity contribution < 1.29 is 43.2 Å². The number of rotatable bonds is 3. The van der Waals surface area contributed by atoms with Crippen LogP contribution in [0.5, 0.6) is 0 Å². The van der Waals surface area contributed by atoms with Crippen LogP contribution in [0.15, 0.2) is 0 Å². The van der Waals surface area contributed by atoms with Gasteiger partial charge in [0.2, 0.25) is 0 Å². The Morgan fingerprint density at radius 1 is 1.00 bits per heavy atom. The zero-order valence-corrected chi connectivity index (χ0v) is 6.69. The van der Waals surface area contributed by atoms with E-state index in [9.17, 15) is 0 Å². The number of hydrogen-bond acceptors (Lipinski definition) is 4. The van der Waals surface area contributed by atoms with Crippen LogP contribution in [-0.2, 0) is 22.4 Å². The second-order valence-electron chi connectivity index (χ2n) is 1.75. The Balaban J connectivity index is -0.000000245. The van der Waals surface area contributed by atoms with Gasteiger partial charge in [-0.3, -0.25) is 0 Å². The van der Waals surface area contributed by atoms with E-state index in [2.05, 4.69) is 0 Å². The molecule has 5 N–H and O–H groups in total. The fraction of sp³-hybridized carbons (Fsp3) is 1.00. The molecule has 0 aliphatic rings. The minimum Gasteiger partial charge on any atom is -0.870 e. The first-order valence-corrected chi connectivity index (χ1v) is 2.26. The van der Waals surface area contributed by atoms with Gasteiger partial charge >= 0.3 is 22.4 Å². The molecule has 0 aliphatic carbocycles. The maximum absolute atomic E-state index is 8.28. The summed E-state index contributed by atoms with van der Waals surface area (Å²) < 4.78 is 0. The third kappa shape index (κ3) is 5.33. The summed E-state index contributed by atoms with van der Waals surface area (Å²) in [6, 6.07) is 0. The molecule has 0 amide bonds. The second kappa shape index (κ2) is 7.65. The van der Waals surface area contributed by atoms with Crippen LogP contribution in [0.4, 0.5) is 0 Å². The Bertz CT molecular complexity index is 60.0. The van der Waals surface area contributed by atoms with Crippen molar-refractivity contribution in [1.29, 1.82) is 0 Å². The Morgan fingerprint density at radius 2 is 1.20 bits per heavy atom. The largest absolute Gasteiger partial charge is 1.00 e. The first kappa shape index (κ1) is 16.9. The third-order valence-electron chi connectivity index (χ3n) is 0.908. The molecule has 0 unspecified atom stereocenters. The Hall–Kier alpha value is 0.540. The van der Waals surface area contributed by atoms with Crippen LogP contribution in [0.3, 0.4) is 0 Å². The van der Waals surface area contributed by atoms with Crippen molar-refractivity contribution in [2.75, 3.05) is 19.8 Å². The summed E-state index contributed by atoms with van der Waals surface area (Å²) in [5.41, 5.74) is 5.46. The van der Waals surface area contributed by atoms with Crippen molar-refractivity contribution in [2.45, 2.75) is 5.54 Å². The van der Waals surface area contributed by atoms with Gasteiger partial charge in [-0.2, -0.15) is 0 Å². The number of aliphatic hydroxyl groups is 3. The maximum Gasteiger partial charge on any atom is 1.00 e. The Kier molecular flexibility index (Phi) is 12.9. The van der Waals surface area contributed by atoms with Crippen molar-refractivity contribution in [3.05, 3.63) is 5.73 Å². The van der Waals surface area contributed by atoms with E-state index in [1.54, 1.807) is 0 Å². The molecule has 5 nitrogen and oxygen atoms in total. The van der Waals surface area contributed by atoms with Crippen LogP contribution in [0.1, 0.15) is 0 Å². The van der Waals surface area contributed by atoms with E-state index in [1.165, 1.54) is 0 Å². The fourth-order valence-electron chi connectivity index (χ4n) is 0.150. The molecule has 0 heterocycles. The van der Waals surface area contributed by atoms with Gasteiger partial charge in [0.1, 0.15) is 0 Å². The third-order valence-corrected chi connectivity index (χ3v) is 0.908. The van der Waals surface area contributed by atoms with Crippen LogP contribution < -0.4 is 0 Å². The normalized spacial score (nSPS) is 9.60. The van der Waals surface area contributed by atoms with E-state index in [0.717, 1.165) is 0 Å². The van der Waals surface area contributed by atoms with Gasteiger partial charge < -0.3 is 26.5 Å². The molecule has 0 aromatic rings. The average Bonchev–Trinajstić information content (AvgIpc) is 1.87. The monoisotopic (exact) mass is 244 g/mol. The summed E-state index contributed by atoms with van der Waals surface area (Å²) in [5.74, 6) is 0. The number of hydrogen-bond donors (Lipinski definition) is 3. The molecular weight excluding hydrogens is 234 g/mol. The molecule has 68 valence electrons. The van der Waals surface area contributed by atoms with E-state index < -0.39 is 25.4 Å². The molecule has 0 aromatic heterocycles. The molecule has 0 atom stereocenters. The molecule has 10 heavy (non-hydrogen) atoms. The van der Waals surface area contributed by atoms with E-state index in [1.807, 2.05) is 0 Å². The molecule has 0 saturated heterocycles. The van der Waals surface area contributed by atoms with Crippen molar-refractivity contribution in [3.8, 4) is 0 Å². The minimum absolute atomic E-state index is 0. The van der Waals surface area contributed by atoms with Crippen molar-refractivity contribution in [2.24, 2.45) is 0 Å². The predicted molar refractivity (Wildman–Crippen MR) is 30.2 cm³/mol. The topological polar surface area (TPSA) is 114 Å². The van der Waals surface area contributed by atoms with Crippen molar-refractivity contribution in [3.63, 3.8) is 0 Å². The van der Waals surface area contributed by atoms with E-state index >= 15 is 0 Å². The molecular formula is C4H11AgNO4-. The Morgan fingerprint density at radius 3 is 1.20 bits per heavy atom. The average molecular weight is 245 g/mol. The van der Waals surface area contributed by atoms with Crippen LogP contribution in [0, 0.1) is 0 Å². The molecule has 0 radical (unpaired) electrons. The van der Waals surface area contributed by atoms with Gasteiger partial charge in [-0.15, -0.1) is 0 Å². The van der Waals surface area contributed by atoms with Gasteiger partial charge in [-0.25, -0.2) is 0 Å². The summed E-state index contributed by atoms with van der Waals surface area (Å²) in [6.45, 7) is -1.54. The number of aliphatic hydroxyl groups excluding tert-OH is 3. The molecule has 0 aliphatic heterocycles. The van der Waals surface area contributed by atoms with Crippen molar-refractivity contribution >= 4 is 0 Å². The van der Waals surface area contributed by atoms with Crippen LogP contribution in [0.2, 0.25) is 0 Å². The summed E-state index contributed by atoms with van der Waals surface area (Å²) in [4.78, 5) is 0. The molecule has 0 bridgehead atoms. The van der Waals surface area contributed by atoms with E-state index in [0.29, 0.717) is 0 Å². The maximum atomic E-state index is 8.28. The quantitative estimate of drug-likeness (QED) is 0.529. The van der Waals surface area contributed by atoms with Gasteiger partial charge in [0, 0.05) is 19.8 Å². The molecule has 6 heteroatoms. The molecule has 0 aromatic carbocycles. The summed E-state index contributed by atoms with van der Waals surface area (Å²) in [7, 11) is 0. The van der Waals surface area contributed by atoms with E-state index in [4.69, 9.17) is 21.1 Å². The SMILES string of the molecule is [Ag+].[NH-]C(CO)(CO)CO.[OH-]. The van der Waals surface area contributed by atoms with Gasteiger partial charge in [-0.05, 0) is 0 Å². The molecule has 0 spiro atoms. The van der Waals surface area contributed by atoms with Gasteiger partial charge in [0.05, 0.1) is 0 Å². The van der Waals surface area contributed by atoms with Crippen LogP contribution in [0.25, 0.3) is 5.73 Å². The molecule has 0 saturated carbocycles. The van der Waals surface area contributed by atoms with Gasteiger partial charge in [0.25, 0.3) is 0 Å². The summed E-state index contributed by atoms with van der Waals surface area (Å²) in [5, 5.41) is 24.8. The standard InChI is InChI=1S/C4H10NO3.Ag.H2O/c5-4(1-6,2-7)3-8;;/h5-8H,1-3H2;;1H2/q-1;+1;/p-1. The van der Waals surface area contributed by atoms with Gasteiger partial charge in [0.15, 0.2) is 0 Å².